The van der Waals surface area contributed by atoms with E-state index >= 15 is 0 Å². The Labute approximate surface area is 170 Å². The Morgan fingerprint density at radius 1 is 1.24 bits per heavy atom. The normalized spacial score (nSPS) is 10.8. The lowest BCUT2D eigenvalue weighted by molar-refractivity contribution is 0.0449. The number of benzene rings is 1. The van der Waals surface area contributed by atoms with Crippen LogP contribution < -0.4 is 15.6 Å². The van der Waals surface area contributed by atoms with E-state index in [0.29, 0.717) is 0 Å². The molecule has 0 radical (unpaired) electrons. The maximum atomic E-state index is 12.5. The van der Waals surface area contributed by atoms with E-state index in [1.54, 1.807) is 6.92 Å². The number of nitrogen functional groups attached to an aromatic ring is 1. The van der Waals surface area contributed by atoms with Crippen LogP contribution in [0.2, 0.25) is 0 Å². The Morgan fingerprint density at radius 2 is 1.93 bits per heavy atom. The molecule has 154 valence electrons. The van der Waals surface area contributed by atoms with Crippen molar-refractivity contribution in [2.75, 3.05) is 19.5 Å². The van der Waals surface area contributed by atoms with Crippen molar-refractivity contribution < 1.29 is 32.2 Å². The largest absolute Gasteiger partial charge is 0.496 e. The molecule has 0 aliphatic heterocycles. The van der Waals surface area contributed by atoms with Gasteiger partial charge < -0.3 is 19.9 Å². The van der Waals surface area contributed by atoms with Crippen LogP contribution in [-0.2, 0) is 26.1 Å². The van der Waals surface area contributed by atoms with E-state index in [9.17, 15) is 23.3 Å². The number of hydrogen-bond donors (Lipinski definition) is 2. The summed E-state index contributed by atoms with van der Waals surface area (Å²) in [5.41, 5.74) is 5.67. The second-order valence-corrected chi connectivity index (χ2v) is 8.08. The monoisotopic (exact) mass is 439 g/mol. The first-order valence-corrected chi connectivity index (χ1v) is 10.4. The molecule has 2 rings (SSSR count). The highest BCUT2D eigenvalue weighted by molar-refractivity contribution is 7.89. The van der Waals surface area contributed by atoms with E-state index in [-0.39, 0.29) is 43.8 Å². The zero-order valence-corrected chi connectivity index (χ0v) is 17.1. The van der Waals surface area contributed by atoms with Gasteiger partial charge in [0, 0.05) is 5.56 Å². The molecule has 2 aromatic rings. The lowest BCUT2D eigenvalue weighted by atomic mass is 10.1. The number of rotatable bonds is 7. The molecule has 1 heterocycles. The van der Waals surface area contributed by atoms with Crippen LogP contribution in [-0.4, -0.2) is 34.1 Å². The maximum Gasteiger partial charge on any atom is 0.348 e. The highest BCUT2D eigenvalue weighted by Gasteiger charge is 2.25. The second-order valence-electron chi connectivity index (χ2n) is 5.46. The number of nitriles is 1. The van der Waals surface area contributed by atoms with Crippen LogP contribution in [0.1, 0.15) is 38.1 Å². The smallest absolute Gasteiger partial charge is 0.348 e. The summed E-state index contributed by atoms with van der Waals surface area (Å²) in [5.74, 6) is -1.60. The molecule has 0 saturated heterocycles. The van der Waals surface area contributed by atoms with Crippen LogP contribution in [0.25, 0.3) is 0 Å². The van der Waals surface area contributed by atoms with Gasteiger partial charge >= 0.3 is 11.9 Å². The highest BCUT2D eigenvalue weighted by Crippen LogP contribution is 2.32. The summed E-state index contributed by atoms with van der Waals surface area (Å²) in [6, 6.07) is 5.30. The van der Waals surface area contributed by atoms with Crippen LogP contribution in [0, 0.1) is 11.3 Å². The summed E-state index contributed by atoms with van der Waals surface area (Å²) in [5, 5.41) is 14.5. The SMILES string of the molecule is CCOC(=O)c1sc(N)c(C#N)c1COC(=O)c1cc(S(N)(=O)=O)ccc1OC. The van der Waals surface area contributed by atoms with Crippen LogP contribution >= 0.6 is 11.3 Å². The summed E-state index contributed by atoms with van der Waals surface area (Å²) in [6.07, 6.45) is 0. The number of methoxy groups -OCH3 is 1. The van der Waals surface area contributed by atoms with Crippen molar-refractivity contribution >= 4 is 38.3 Å². The molecule has 0 fully saturated rings. The first-order valence-electron chi connectivity index (χ1n) is 8.00. The van der Waals surface area contributed by atoms with Gasteiger partial charge in [0.2, 0.25) is 10.0 Å². The van der Waals surface area contributed by atoms with Gasteiger partial charge in [-0.25, -0.2) is 23.1 Å². The van der Waals surface area contributed by atoms with E-state index in [1.807, 2.05) is 6.07 Å². The zero-order chi connectivity index (χ0) is 21.8. The van der Waals surface area contributed by atoms with E-state index in [2.05, 4.69) is 0 Å². The quantitative estimate of drug-likeness (QED) is 0.604. The van der Waals surface area contributed by atoms with Gasteiger partial charge in [-0.05, 0) is 25.1 Å². The third kappa shape index (κ3) is 4.83. The minimum Gasteiger partial charge on any atom is -0.496 e. The van der Waals surface area contributed by atoms with E-state index in [0.717, 1.165) is 17.4 Å². The summed E-state index contributed by atoms with van der Waals surface area (Å²) in [4.78, 5) is 24.4. The number of nitrogens with two attached hydrogens (primary N) is 2. The Balaban J connectivity index is 2.37. The third-order valence-corrected chi connectivity index (χ3v) is 5.63. The van der Waals surface area contributed by atoms with Crippen LogP contribution in [0.5, 0.6) is 5.75 Å². The topological polar surface area (TPSA) is 172 Å². The Hall–Kier alpha value is -3.14. The number of thiophene rings is 1. The molecule has 0 bridgehead atoms. The molecular weight excluding hydrogens is 422 g/mol. The number of nitrogens with zero attached hydrogens (tertiary/aromatic N) is 1. The summed E-state index contributed by atoms with van der Waals surface area (Å²) >= 11 is 0.843. The fourth-order valence-corrected chi connectivity index (χ4v) is 3.80. The minimum absolute atomic E-state index is 0.00361. The van der Waals surface area contributed by atoms with Crippen molar-refractivity contribution in [2.24, 2.45) is 5.14 Å². The number of ether oxygens (including phenoxy) is 3. The molecule has 0 aliphatic carbocycles. The van der Waals surface area contributed by atoms with Gasteiger partial charge in [-0.15, -0.1) is 11.3 Å². The molecule has 0 spiro atoms. The highest BCUT2D eigenvalue weighted by atomic mass is 32.2. The van der Waals surface area contributed by atoms with Gasteiger partial charge in [-0.1, -0.05) is 0 Å². The molecule has 1 aromatic carbocycles. The van der Waals surface area contributed by atoms with Crippen molar-refractivity contribution in [2.45, 2.75) is 18.4 Å². The Kier molecular flexibility index (Phi) is 6.80. The predicted octanol–water partition coefficient (Wildman–Crippen LogP) is 1.39. The molecular formula is C17H17N3O7S2. The zero-order valence-electron chi connectivity index (χ0n) is 15.4. The number of carbonyl (C=O) groups is 2. The molecule has 0 unspecified atom stereocenters. The van der Waals surface area contributed by atoms with E-state index in [1.165, 1.54) is 19.2 Å². The lowest BCUT2D eigenvalue weighted by Gasteiger charge is -2.11. The molecule has 10 nitrogen and oxygen atoms in total. The Morgan fingerprint density at radius 3 is 2.48 bits per heavy atom. The van der Waals surface area contributed by atoms with E-state index < -0.39 is 28.6 Å². The van der Waals surface area contributed by atoms with Crippen molar-refractivity contribution in [1.29, 1.82) is 5.26 Å². The number of carbonyl (C=O) groups excluding carboxylic acids is 2. The molecule has 1 aromatic heterocycles. The number of primary sulfonamides is 1. The van der Waals surface area contributed by atoms with Crippen molar-refractivity contribution in [1.82, 2.24) is 0 Å². The standard InChI is InChI=1S/C17H17N3O7S2/c1-3-26-17(22)14-12(11(7-18)15(19)28-14)8-27-16(21)10-6-9(29(20,23)24)4-5-13(10)25-2/h4-6H,3,8,19H2,1-2H3,(H2,20,23,24). The molecule has 4 N–H and O–H groups in total. The van der Waals surface area contributed by atoms with Crippen molar-refractivity contribution in [3.63, 3.8) is 0 Å². The number of esters is 2. The second kappa shape index (κ2) is 8.91. The van der Waals surface area contributed by atoms with E-state index in [4.69, 9.17) is 25.1 Å². The minimum atomic E-state index is -4.06. The molecule has 0 amide bonds. The third-order valence-electron chi connectivity index (χ3n) is 3.67. The number of sulfonamides is 1. The first kappa shape index (κ1) is 22.2. The summed E-state index contributed by atoms with van der Waals surface area (Å²) < 4.78 is 38.2. The fourth-order valence-electron chi connectivity index (χ4n) is 2.35. The first-order chi connectivity index (χ1) is 13.6. The summed E-state index contributed by atoms with van der Waals surface area (Å²) in [6.45, 7) is 1.26. The molecule has 29 heavy (non-hydrogen) atoms. The average molecular weight is 439 g/mol. The molecule has 12 heteroatoms. The van der Waals surface area contributed by atoms with Crippen molar-refractivity contribution in [3.05, 3.63) is 39.8 Å². The van der Waals surface area contributed by atoms with Crippen LogP contribution in [0.3, 0.4) is 0 Å². The van der Waals surface area contributed by atoms with Gasteiger partial charge in [-0.2, -0.15) is 5.26 Å². The Bertz CT molecular complexity index is 1100. The molecule has 0 atom stereocenters. The van der Waals surface area contributed by atoms with Gasteiger partial charge in [-0.3, -0.25) is 0 Å². The van der Waals surface area contributed by atoms with Gasteiger partial charge in [0.1, 0.15) is 33.9 Å². The van der Waals surface area contributed by atoms with Crippen LogP contribution in [0.15, 0.2) is 23.1 Å². The van der Waals surface area contributed by atoms with Gasteiger partial charge in [0.25, 0.3) is 0 Å². The van der Waals surface area contributed by atoms with Crippen LogP contribution in [0.4, 0.5) is 5.00 Å². The molecule has 0 saturated carbocycles. The van der Waals surface area contributed by atoms with Gasteiger partial charge in [0.15, 0.2) is 0 Å². The van der Waals surface area contributed by atoms with Gasteiger partial charge in [0.05, 0.1) is 24.2 Å². The number of hydrogen-bond acceptors (Lipinski definition) is 10. The number of anilines is 1. The molecule has 0 aliphatic rings. The van der Waals surface area contributed by atoms with Crippen molar-refractivity contribution in [3.8, 4) is 11.8 Å². The average Bonchev–Trinajstić information content (AvgIpc) is 3.00. The summed E-state index contributed by atoms with van der Waals surface area (Å²) in [7, 11) is -2.78. The maximum absolute atomic E-state index is 12.5. The predicted molar refractivity (Wildman–Crippen MR) is 103 cm³/mol. The fraction of sp³-hybridized carbons (Fsp3) is 0.235. The lowest BCUT2D eigenvalue weighted by Crippen LogP contribution is -2.15.